The summed E-state index contributed by atoms with van der Waals surface area (Å²) < 4.78 is 0. The van der Waals surface area contributed by atoms with E-state index in [0.717, 1.165) is 19.3 Å². The fourth-order valence-corrected chi connectivity index (χ4v) is 0.863. The molecule has 0 saturated carbocycles. The van der Waals surface area contributed by atoms with E-state index in [1.165, 1.54) is 0 Å². The van der Waals surface area contributed by atoms with Crippen molar-refractivity contribution in [3.05, 3.63) is 11.6 Å². The van der Waals surface area contributed by atoms with Gasteiger partial charge in [0.1, 0.15) is 0 Å². The van der Waals surface area contributed by atoms with Crippen molar-refractivity contribution in [3.8, 4) is 0 Å². The van der Waals surface area contributed by atoms with Crippen LogP contribution in [-0.4, -0.2) is 11.1 Å². The molecule has 0 spiro atoms. The van der Waals surface area contributed by atoms with Crippen LogP contribution in [-0.2, 0) is 4.79 Å². The largest absolute Gasteiger partial charge is 0.478 e. The number of hydrogen-bond acceptors (Lipinski definition) is 1. The first-order chi connectivity index (χ1) is 5.22. The Morgan fingerprint density at radius 1 is 1.45 bits per heavy atom. The lowest BCUT2D eigenvalue weighted by molar-refractivity contribution is -0.132. The molecule has 11 heavy (non-hydrogen) atoms. The molecule has 0 saturated heterocycles. The molecule has 0 atom stereocenters. The minimum absolute atomic E-state index is 0.540. The molecule has 0 fully saturated rings. The number of carbonyl (C=O) groups is 1. The Kier molecular flexibility index (Phi) is 5.53. The van der Waals surface area contributed by atoms with E-state index in [-0.39, 0.29) is 0 Å². The maximum absolute atomic E-state index is 10.5. The average Bonchev–Trinajstić information content (AvgIpc) is 1.97. The van der Waals surface area contributed by atoms with Crippen LogP contribution >= 0.6 is 0 Å². The maximum atomic E-state index is 10.5. The van der Waals surface area contributed by atoms with Gasteiger partial charge in [0.2, 0.25) is 0 Å². The van der Waals surface area contributed by atoms with Gasteiger partial charge in [-0.3, -0.25) is 0 Å². The van der Waals surface area contributed by atoms with Crippen LogP contribution in [0.1, 0.15) is 39.5 Å². The fourth-order valence-electron chi connectivity index (χ4n) is 0.863. The Hall–Kier alpha value is -0.790. The number of carboxylic acids is 1. The second-order valence-electron chi connectivity index (χ2n) is 2.53. The predicted octanol–water partition coefficient (Wildman–Crippen LogP) is 2.60. The molecule has 0 aromatic carbocycles. The van der Waals surface area contributed by atoms with Gasteiger partial charge in [0, 0.05) is 5.57 Å². The molecule has 0 bridgehead atoms. The molecule has 0 aliphatic carbocycles. The molecule has 2 nitrogen and oxygen atoms in total. The molecule has 0 amide bonds. The Labute approximate surface area is 67.9 Å². The summed E-state index contributed by atoms with van der Waals surface area (Å²) in [6, 6.07) is 0. The quantitative estimate of drug-likeness (QED) is 0.490. The lowest BCUT2D eigenvalue weighted by Crippen LogP contribution is -1.98. The first-order valence-corrected chi connectivity index (χ1v) is 4.14. The summed E-state index contributed by atoms with van der Waals surface area (Å²) in [6.45, 7) is 3.96. The van der Waals surface area contributed by atoms with E-state index in [1.807, 2.05) is 13.0 Å². The number of hydrogen-bond donors (Lipinski definition) is 1. The van der Waals surface area contributed by atoms with Crippen molar-refractivity contribution in [1.82, 2.24) is 0 Å². The zero-order valence-electron chi connectivity index (χ0n) is 7.26. The van der Waals surface area contributed by atoms with E-state index in [4.69, 9.17) is 5.11 Å². The SMILES string of the molecule is CCCCC=C(CC)C(=O)O. The Balaban J connectivity index is 3.81. The lowest BCUT2D eigenvalue weighted by Gasteiger charge is -1.96. The average molecular weight is 156 g/mol. The summed E-state index contributed by atoms with van der Waals surface area (Å²) >= 11 is 0. The Morgan fingerprint density at radius 2 is 2.09 bits per heavy atom. The summed E-state index contributed by atoms with van der Waals surface area (Å²) in [6.07, 6.45) is 5.54. The molecule has 0 aromatic heterocycles. The van der Waals surface area contributed by atoms with E-state index < -0.39 is 5.97 Å². The van der Waals surface area contributed by atoms with Crippen molar-refractivity contribution < 1.29 is 9.90 Å². The molecule has 1 N–H and O–H groups in total. The van der Waals surface area contributed by atoms with Crippen LogP contribution < -0.4 is 0 Å². The highest BCUT2D eigenvalue weighted by Gasteiger charge is 2.01. The Bertz CT molecular complexity index is 148. The zero-order chi connectivity index (χ0) is 8.69. The molecular formula is C9H16O2. The zero-order valence-corrected chi connectivity index (χ0v) is 7.26. The summed E-state index contributed by atoms with van der Waals surface area (Å²) in [5.74, 6) is -0.774. The summed E-state index contributed by atoms with van der Waals surface area (Å²) in [7, 11) is 0. The normalized spacial score (nSPS) is 11.6. The number of aliphatic carboxylic acids is 1. The van der Waals surface area contributed by atoms with Crippen LogP contribution in [0, 0.1) is 0 Å². The number of allylic oxidation sites excluding steroid dienone is 1. The van der Waals surface area contributed by atoms with Crippen LogP contribution in [0.5, 0.6) is 0 Å². The van der Waals surface area contributed by atoms with Gasteiger partial charge in [0.15, 0.2) is 0 Å². The van der Waals surface area contributed by atoms with Crippen molar-refractivity contribution in [2.75, 3.05) is 0 Å². The lowest BCUT2D eigenvalue weighted by atomic mass is 10.1. The van der Waals surface area contributed by atoms with Crippen molar-refractivity contribution in [3.63, 3.8) is 0 Å². The van der Waals surface area contributed by atoms with Gasteiger partial charge in [0.25, 0.3) is 0 Å². The van der Waals surface area contributed by atoms with Crippen LogP contribution in [0.25, 0.3) is 0 Å². The molecule has 2 heteroatoms. The van der Waals surface area contributed by atoms with Crippen LogP contribution in [0.15, 0.2) is 11.6 Å². The molecule has 0 radical (unpaired) electrons. The van der Waals surface area contributed by atoms with Crippen molar-refractivity contribution in [1.29, 1.82) is 0 Å². The molecule has 64 valence electrons. The van der Waals surface area contributed by atoms with Gasteiger partial charge in [-0.05, 0) is 12.8 Å². The third kappa shape index (κ3) is 4.59. The molecular weight excluding hydrogens is 140 g/mol. The number of unbranched alkanes of at least 4 members (excludes halogenated alkanes) is 2. The first kappa shape index (κ1) is 10.2. The van der Waals surface area contributed by atoms with Crippen molar-refractivity contribution in [2.24, 2.45) is 0 Å². The van der Waals surface area contributed by atoms with Gasteiger partial charge >= 0.3 is 5.97 Å². The van der Waals surface area contributed by atoms with Crippen LogP contribution in [0.3, 0.4) is 0 Å². The minimum Gasteiger partial charge on any atom is -0.478 e. The molecule has 0 rings (SSSR count). The third-order valence-corrected chi connectivity index (χ3v) is 1.60. The summed E-state index contributed by atoms with van der Waals surface area (Å²) in [5.41, 5.74) is 0.540. The van der Waals surface area contributed by atoms with E-state index in [0.29, 0.717) is 12.0 Å². The molecule has 0 unspecified atom stereocenters. The highest BCUT2D eigenvalue weighted by atomic mass is 16.4. The van der Waals surface area contributed by atoms with Crippen LogP contribution in [0.2, 0.25) is 0 Å². The molecule has 0 aromatic rings. The predicted molar refractivity (Wildman–Crippen MR) is 45.5 cm³/mol. The first-order valence-electron chi connectivity index (χ1n) is 4.14. The monoisotopic (exact) mass is 156 g/mol. The Morgan fingerprint density at radius 3 is 2.45 bits per heavy atom. The van der Waals surface area contributed by atoms with Gasteiger partial charge < -0.3 is 5.11 Å². The summed E-state index contributed by atoms with van der Waals surface area (Å²) in [5, 5.41) is 8.60. The van der Waals surface area contributed by atoms with Gasteiger partial charge in [0.05, 0.1) is 0 Å². The molecule has 0 aliphatic rings. The van der Waals surface area contributed by atoms with Gasteiger partial charge in [-0.25, -0.2) is 4.79 Å². The number of carboxylic acid groups (broad SMARTS) is 1. The highest BCUT2D eigenvalue weighted by molar-refractivity contribution is 5.86. The van der Waals surface area contributed by atoms with E-state index >= 15 is 0 Å². The van der Waals surface area contributed by atoms with Gasteiger partial charge in [-0.1, -0.05) is 32.8 Å². The second kappa shape index (κ2) is 5.96. The number of rotatable bonds is 5. The van der Waals surface area contributed by atoms with Crippen molar-refractivity contribution >= 4 is 5.97 Å². The third-order valence-electron chi connectivity index (χ3n) is 1.60. The van der Waals surface area contributed by atoms with Crippen molar-refractivity contribution in [2.45, 2.75) is 39.5 Å². The van der Waals surface area contributed by atoms with E-state index in [2.05, 4.69) is 6.92 Å². The van der Waals surface area contributed by atoms with E-state index in [9.17, 15) is 4.79 Å². The molecule has 0 aliphatic heterocycles. The second-order valence-corrected chi connectivity index (χ2v) is 2.53. The smallest absolute Gasteiger partial charge is 0.331 e. The van der Waals surface area contributed by atoms with E-state index in [1.54, 1.807) is 0 Å². The van der Waals surface area contributed by atoms with Crippen LogP contribution in [0.4, 0.5) is 0 Å². The minimum atomic E-state index is -0.774. The highest BCUT2D eigenvalue weighted by Crippen LogP contribution is 2.04. The molecule has 0 heterocycles. The topological polar surface area (TPSA) is 37.3 Å². The summed E-state index contributed by atoms with van der Waals surface area (Å²) in [4.78, 5) is 10.5. The standard InChI is InChI=1S/C9H16O2/c1-3-5-6-7-8(4-2)9(10)11/h7H,3-6H2,1-2H3,(H,10,11). The fraction of sp³-hybridized carbons (Fsp3) is 0.667. The van der Waals surface area contributed by atoms with Gasteiger partial charge in [-0.15, -0.1) is 0 Å². The maximum Gasteiger partial charge on any atom is 0.331 e. The van der Waals surface area contributed by atoms with Gasteiger partial charge in [-0.2, -0.15) is 0 Å².